The second-order valence-electron chi connectivity index (χ2n) is 9.11. The van der Waals surface area contributed by atoms with E-state index in [1.54, 1.807) is 6.33 Å². The summed E-state index contributed by atoms with van der Waals surface area (Å²) < 4.78 is 2.09. The minimum Gasteiger partial charge on any atom is -0.337 e. The van der Waals surface area contributed by atoms with Crippen molar-refractivity contribution in [3.05, 3.63) is 28.7 Å². The molecule has 2 amide bonds. The largest absolute Gasteiger partial charge is 0.337 e. The normalized spacial score (nSPS) is 17.6. The van der Waals surface area contributed by atoms with Crippen molar-refractivity contribution in [3.8, 4) is 0 Å². The molecule has 0 aliphatic carbocycles. The highest BCUT2D eigenvalue weighted by Crippen LogP contribution is 2.32. The zero-order valence-corrected chi connectivity index (χ0v) is 19.0. The van der Waals surface area contributed by atoms with E-state index >= 15 is 0 Å². The van der Waals surface area contributed by atoms with E-state index in [4.69, 9.17) is 0 Å². The number of thiophene rings is 1. The molecular formula is C21H31N5O2S. The fraction of sp³-hybridized carbons (Fsp3) is 0.619. The average molecular weight is 418 g/mol. The van der Waals surface area contributed by atoms with Crippen molar-refractivity contribution in [2.45, 2.75) is 66.3 Å². The van der Waals surface area contributed by atoms with Gasteiger partial charge in [-0.15, -0.1) is 21.5 Å². The maximum atomic E-state index is 13.2. The number of piperidine rings is 1. The topological polar surface area (TPSA) is 80.1 Å². The number of hydrogen-bond donors (Lipinski definition) is 1. The highest BCUT2D eigenvalue weighted by molar-refractivity contribution is 7.18. The third kappa shape index (κ3) is 4.69. The summed E-state index contributed by atoms with van der Waals surface area (Å²) in [5.74, 6) is 1.13. The molecule has 2 aromatic rings. The summed E-state index contributed by atoms with van der Waals surface area (Å²) in [5.41, 5.74) is 0.422. The molecule has 1 N–H and O–H groups in total. The number of anilines is 1. The van der Waals surface area contributed by atoms with Crippen LogP contribution in [0.3, 0.4) is 0 Å². The highest BCUT2D eigenvalue weighted by Gasteiger charge is 2.30. The molecule has 0 spiro atoms. The van der Waals surface area contributed by atoms with Gasteiger partial charge in [-0.3, -0.25) is 9.59 Å². The average Bonchev–Trinajstić information content (AvgIpc) is 3.27. The van der Waals surface area contributed by atoms with Gasteiger partial charge < -0.3 is 14.8 Å². The van der Waals surface area contributed by atoms with Crippen LogP contribution in [0.15, 0.2) is 12.4 Å². The van der Waals surface area contributed by atoms with Crippen LogP contribution in [-0.4, -0.2) is 44.6 Å². The van der Waals surface area contributed by atoms with E-state index in [2.05, 4.69) is 33.9 Å². The molecule has 158 valence electrons. The summed E-state index contributed by atoms with van der Waals surface area (Å²) in [6.45, 7) is 13.2. The van der Waals surface area contributed by atoms with Gasteiger partial charge in [-0.1, -0.05) is 20.8 Å². The Balaban J connectivity index is 1.75. The first kappa shape index (κ1) is 21.5. The van der Waals surface area contributed by atoms with Crippen molar-refractivity contribution < 1.29 is 9.59 Å². The Morgan fingerprint density at radius 3 is 2.69 bits per heavy atom. The molecule has 29 heavy (non-hydrogen) atoms. The van der Waals surface area contributed by atoms with E-state index in [1.165, 1.54) is 11.3 Å². The van der Waals surface area contributed by atoms with E-state index in [0.29, 0.717) is 17.5 Å². The number of aryl methyl sites for hydroxylation is 1. The molecule has 3 rings (SSSR count). The second-order valence-corrected chi connectivity index (χ2v) is 10.2. The van der Waals surface area contributed by atoms with E-state index < -0.39 is 5.41 Å². The van der Waals surface area contributed by atoms with Crippen LogP contribution < -0.4 is 5.32 Å². The lowest BCUT2D eigenvalue weighted by Gasteiger charge is -2.32. The van der Waals surface area contributed by atoms with Crippen molar-refractivity contribution in [3.63, 3.8) is 0 Å². The molecule has 3 heterocycles. The van der Waals surface area contributed by atoms with Gasteiger partial charge in [-0.25, -0.2) is 0 Å². The maximum Gasteiger partial charge on any atom is 0.264 e. The standard InChI is InChI=1S/C21H31N5O2S/c1-13(2)26-12-22-24-18(26)15-8-7-9-25(11-15)19(27)17-14(3)10-16(29-17)23-20(28)21(4,5)6/h10,12-13,15H,7-9,11H2,1-6H3,(H,23,28). The Morgan fingerprint density at radius 2 is 2.03 bits per heavy atom. The summed E-state index contributed by atoms with van der Waals surface area (Å²) in [6, 6.07) is 2.18. The number of rotatable bonds is 4. The van der Waals surface area contributed by atoms with Gasteiger partial charge >= 0.3 is 0 Å². The minimum atomic E-state index is -0.478. The third-order valence-corrected chi connectivity index (χ3v) is 6.40. The Kier molecular flexibility index (Phi) is 6.12. The summed E-state index contributed by atoms with van der Waals surface area (Å²) in [4.78, 5) is 28.1. The van der Waals surface area contributed by atoms with Crippen LogP contribution >= 0.6 is 11.3 Å². The van der Waals surface area contributed by atoms with Gasteiger partial charge in [0.05, 0.1) is 9.88 Å². The molecule has 0 bridgehead atoms. The zero-order chi connectivity index (χ0) is 21.3. The van der Waals surface area contributed by atoms with E-state index in [1.807, 2.05) is 38.7 Å². The number of aromatic nitrogens is 3. The van der Waals surface area contributed by atoms with Crippen LogP contribution in [-0.2, 0) is 4.79 Å². The summed E-state index contributed by atoms with van der Waals surface area (Å²) in [7, 11) is 0. The number of nitrogens with one attached hydrogen (secondary N) is 1. The zero-order valence-electron chi connectivity index (χ0n) is 18.2. The third-order valence-electron chi connectivity index (χ3n) is 5.26. The summed E-state index contributed by atoms with van der Waals surface area (Å²) in [5, 5.41) is 12.1. The number of nitrogens with zero attached hydrogens (tertiary/aromatic N) is 4. The number of carbonyl (C=O) groups is 2. The Hall–Kier alpha value is -2.22. The fourth-order valence-electron chi connectivity index (χ4n) is 3.51. The van der Waals surface area contributed by atoms with Crippen molar-refractivity contribution in [2.24, 2.45) is 5.41 Å². The molecular weight excluding hydrogens is 386 g/mol. The summed E-state index contributed by atoms with van der Waals surface area (Å²) in [6.07, 6.45) is 3.72. The SMILES string of the molecule is Cc1cc(NC(=O)C(C)(C)C)sc1C(=O)N1CCCC(c2nncn2C(C)C)C1. The summed E-state index contributed by atoms with van der Waals surface area (Å²) >= 11 is 1.36. The van der Waals surface area contributed by atoms with Crippen LogP contribution in [0.2, 0.25) is 0 Å². The first-order valence-corrected chi connectivity index (χ1v) is 11.0. The molecule has 1 atom stereocenters. The van der Waals surface area contributed by atoms with Crippen LogP contribution in [0, 0.1) is 12.3 Å². The van der Waals surface area contributed by atoms with Crippen molar-refractivity contribution in [1.29, 1.82) is 0 Å². The van der Waals surface area contributed by atoms with Gasteiger partial charge in [0.1, 0.15) is 12.2 Å². The van der Waals surface area contributed by atoms with Crippen LogP contribution in [0.5, 0.6) is 0 Å². The molecule has 0 radical (unpaired) electrons. The first-order valence-electron chi connectivity index (χ1n) is 10.2. The fourth-order valence-corrected chi connectivity index (χ4v) is 4.55. The molecule has 0 aromatic carbocycles. The minimum absolute atomic E-state index is 0.0315. The van der Waals surface area contributed by atoms with Crippen molar-refractivity contribution in [2.75, 3.05) is 18.4 Å². The molecule has 8 heteroatoms. The van der Waals surface area contributed by atoms with Gasteiger partial charge in [0.25, 0.3) is 5.91 Å². The van der Waals surface area contributed by atoms with E-state index in [-0.39, 0.29) is 17.7 Å². The first-order chi connectivity index (χ1) is 13.6. The van der Waals surface area contributed by atoms with Gasteiger partial charge in [0, 0.05) is 30.5 Å². The molecule has 0 saturated carbocycles. The maximum absolute atomic E-state index is 13.2. The molecule has 1 unspecified atom stereocenters. The number of likely N-dealkylation sites (tertiary alicyclic amines) is 1. The Labute approximate surface area is 176 Å². The lowest BCUT2D eigenvalue weighted by Crippen LogP contribution is -2.39. The number of hydrogen-bond acceptors (Lipinski definition) is 5. The van der Waals surface area contributed by atoms with E-state index in [9.17, 15) is 9.59 Å². The lowest BCUT2D eigenvalue weighted by atomic mass is 9.96. The van der Waals surface area contributed by atoms with Gasteiger partial charge in [-0.2, -0.15) is 0 Å². The van der Waals surface area contributed by atoms with Gasteiger partial charge in [0.2, 0.25) is 5.91 Å². The number of carbonyl (C=O) groups excluding carboxylic acids is 2. The highest BCUT2D eigenvalue weighted by atomic mass is 32.1. The Morgan fingerprint density at radius 1 is 1.31 bits per heavy atom. The molecule has 1 aliphatic rings. The van der Waals surface area contributed by atoms with E-state index in [0.717, 1.165) is 35.8 Å². The van der Waals surface area contributed by atoms with Crippen molar-refractivity contribution in [1.82, 2.24) is 19.7 Å². The molecule has 1 fully saturated rings. The quantitative estimate of drug-likeness (QED) is 0.807. The predicted octanol–water partition coefficient (Wildman–Crippen LogP) is 4.23. The van der Waals surface area contributed by atoms with Crippen molar-refractivity contribution >= 4 is 28.2 Å². The predicted molar refractivity (Wildman–Crippen MR) is 115 cm³/mol. The lowest BCUT2D eigenvalue weighted by molar-refractivity contribution is -0.123. The second kappa shape index (κ2) is 8.26. The smallest absolute Gasteiger partial charge is 0.264 e. The van der Waals surface area contributed by atoms with Gasteiger partial charge in [0.15, 0.2) is 0 Å². The molecule has 1 saturated heterocycles. The number of amides is 2. The Bertz CT molecular complexity index is 893. The van der Waals surface area contributed by atoms with Gasteiger partial charge in [-0.05, 0) is 45.2 Å². The van der Waals surface area contributed by atoms with Crippen LogP contribution in [0.1, 0.15) is 80.5 Å². The monoisotopic (exact) mass is 417 g/mol. The molecule has 7 nitrogen and oxygen atoms in total. The molecule has 1 aliphatic heterocycles. The molecule has 2 aromatic heterocycles. The van der Waals surface area contributed by atoms with Crippen LogP contribution in [0.4, 0.5) is 5.00 Å². The van der Waals surface area contributed by atoms with Crippen LogP contribution in [0.25, 0.3) is 0 Å².